The van der Waals surface area contributed by atoms with E-state index in [1.807, 2.05) is 0 Å². The Morgan fingerprint density at radius 1 is 1.13 bits per heavy atom. The third kappa shape index (κ3) is 3.90. The van der Waals surface area contributed by atoms with E-state index in [9.17, 15) is 18.3 Å². The molecule has 162 valence electrons. The van der Waals surface area contributed by atoms with Gasteiger partial charge in [-0.15, -0.1) is 5.54 Å². The van der Waals surface area contributed by atoms with Crippen LogP contribution in [0.3, 0.4) is 0 Å². The lowest BCUT2D eigenvalue weighted by molar-refractivity contribution is -0.186. The zero-order chi connectivity index (χ0) is 23.2. The number of alkyl halides is 3. The second kappa shape index (κ2) is 7.34. The average Bonchev–Trinajstić information content (AvgIpc) is 2.95. The summed E-state index contributed by atoms with van der Waals surface area (Å²) in [5, 5.41) is 11.5. The van der Waals surface area contributed by atoms with E-state index in [1.165, 1.54) is 12.1 Å². The molecule has 1 aliphatic rings. The predicted octanol–water partition coefficient (Wildman–Crippen LogP) is 3.53. The van der Waals surface area contributed by atoms with Crippen LogP contribution in [0.1, 0.15) is 22.3 Å². The Morgan fingerprint density at radius 2 is 1.74 bits per heavy atom. The highest BCUT2D eigenvalue weighted by atomic mass is 28.3. The van der Waals surface area contributed by atoms with Crippen molar-refractivity contribution in [2.45, 2.75) is 37.1 Å². The fourth-order valence-corrected chi connectivity index (χ4v) is 3.74. The maximum atomic E-state index is 13.4. The second-order valence-corrected chi connectivity index (χ2v) is 13.2. The zero-order valence-electron chi connectivity index (χ0n) is 17.4. The summed E-state index contributed by atoms with van der Waals surface area (Å²) in [5.41, 5.74) is 11.5. The molecule has 0 amide bonds. The van der Waals surface area contributed by atoms with Gasteiger partial charge < -0.3 is 10.8 Å². The van der Waals surface area contributed by atoms with Crippen LogP contribution in [0.2, 0.25) is 19.6 Å². The van der Waals surface area contributed by atoms with Gasteiger partial charge in [-0.1, -0.05) is 49.8 Å². The van der Waals surface area contributed by atoms with E-state index in [-0.39, 0.29) is 17.0 Å². The monoisotopic (exact) mass is 444 g/mol. The number of aliphatic imine (C=N–C) groups is 2. The number of hydrogen-bond acceptors (Lipinski definition) is 5. The number of hydrogen-bond donors (Lipinski definition) is 3. The van der Waals surface area contributed by atoms with Gasteiger partial charge in [0.15, 0.2) is 5.60 Å². The number of benzene rings is 2. The van der Waals surface area contributed by atoms with Crippen LogP contribution in [0.5, 0.6) is 0 Å². The van der Waals surface area contributed by atoms with Crippen molar-refractivity contribution in [3.8, 4) is 11.5 Å². The predicted molar refractivity (Wildman–Crippen MR) is 119 cm³/mol. The average molecular weight is 445 g/mol. The lowest BCUT2D eigenvalue weighted by Crippen LogP contribution is -2.48. The van der Waals surface area contributed by atoms with Gasteiger partial charge in [0.1, 0.15) is 13.9 Å². The first-order chi connectivity index (χ1) is 14.2. The highest BCUT2D eigenvalue weighted by Gasteiger charge is 2.53. The van der Waals surface area contributed by atoms with E-state index in [1.54, 1.807) is 18.2 Å². The molecule has 3 rings (SSSR count). The van der Waals surface area contributed by atoms with Gasteiger partial charge in [0, 0.05) is 16.7 Å². The topological polar surface area (TPSA) is 97.0 Å². The van der Waals surface area contributed by atoms with E-state index < -0.39 is 25.5 Å². The summed E-state index contributed by atoms with van der Waals surface area (Å²) in [4.78, 5) is 7.32. The summed E-state index contributed by atoms with van der Waals surface area (Å²) in [7, 11) is -1.62. The molecule has 2 aromatic rings. The summed E-state index contributed by atoms with van der Waals surface area (Å²) in [6.07, 6.45) is -4.84. The van der Waals surface area contributed by atoms with Crippen LogP contribution < -0.4 is 11.5 Å². The highest BCUT2D eigenvalue weighted by molar-refractivity contribution is 6.83. The first kappa shape index (κ1) is 22.7. The van der Waals surface area contributed by atoms with E-state index in [4.69, 9.17) is 11.5 Å². The molecule has 0 saturated carbocycles. The molecule has 2 unspecified atom stereocenters. The molecule has 0 spiro atoms. The third-order valence-electron chi connectivity index (χ3n) is 5.00. The SMILES string of the molecule is C=NC(N)(c1ccc(C2(O)C(N)=Nc3ccc(C#C[Si](C)(C)C)cc32)cc1)C(F)(F)F. The summed E-state index contributed by atoms with van der Waals surface area (Å²) >= 11 is 0. The third-order valence-corrected chi connectivity index (χ3v) is 5.88. The molecule has 0 bridgehead atoms. The summed E-state index contributed by atoms with van der Waals surface area (Å²) in [5.74, 6) is 3.04. The molecule has 31 heavy (non-hydrogen) atoms. The van der Waals surface area contributed by atoms with Crippen LogP contribution in [-0.2, 0) is 11.3 Å². The van der Waals surface area contributed by atoms with Gasteiger partial charge in [-0.3, -0.25) is 10.7 Å². The van der Waals surface area contributed by atoms with E-state index >= 15 is 0 Å². The van der Waals surface area contributed by atoms with Gasteiger partial charge >= 0.3 is 6.18 Å². The molecular formula is C22H23F3N4OSi. The number of rotatable bonds is 3. The molecule has 1 aliphatic heterocycles. The van der Waals surface area contributed by atoms with Crippen molar-refractivity contribution in [1.29, 1.82) is 0 Å². The van der Waals surface area contributed by atoms with E-state index in [2.05, 4.69) is 47.8 Å². The van der Waals surface area contributed by atoms with Crippen molar-refractivity contribution in [2.75, 3.05) is 0 Å². The van der Waals surface area contributed by atoms with Crippen LogP contribution >= 0.6 is 0 Å². The lowest BCUT2D eigenvalue weighted by Gasteiger charge is -2.29. The minimum atomic E-state index is -4.84. The molecule has 0 saturated heterocycles. The molecule has 5 N–H and O–H groups in total. The van der Waals surface area contributed by atoms with Crippen molar-refractivity contribution in [3.05, 3.63) is 64.7 Å². The molecule has 0 radical (unpaired) electrons. The quantitative estimate of drug-likeness (QED) is 0.384. The van der Waals surface area contributed by atoms with Crippen molar-refractivity contribution in [3.63, 3.8) is 0 Å². The van der Waals surface area contributed by atoms with Crippen LogP contribution in [0.25, 0.3) is 0 Å². The molecule has 2 aromatic carbocycles. The molecule has 0 aromatic heterocycles. The van der Waals surface area contributed by atoms with Gasteiger partial charge in [0.2, 0.25) is 5.66 Å². The maximum Gasteiger partial charge on any atom is 0.431 e. The lowest BCUT2D eigenvalue weighted by atomic mass is 9.84. The first-order valence-corrected chi connectivity index (χ1v) is 12.9. The molecule has 0 fully saturated rings. The van der Waals surface area contributed by atoms with E-state index in [0.717, 1.165) is 12.1 Å². The van der Waals surface area contributed by atoms with Crippen molar-refractivity contribution >= 4 is 26.3 Å². The van der Waals surface area contributed by atoms with Crippen LogP contribution in [0.15, 0.2) is 52.4 Å². The Hall–Kier alpha value is -2.93. The smallest absolute Gasteiger partial charge is 0.384 e. The Kier molecular flexibility index (Phi) is 5.38. The standard InChI is InChI=1S/C22H23F3N4OSi/c1-28-21(27,22(23,24)25)16-8-6-15(7-9-16)20(30)17-13-14(11-12-31(2,3)4)5-10-18(17)29-19(20)26/h5-10,13,30H,1,27H2,2-4H3,(H2,26,29). The minimum absolute atomic E-state index is 0.0813. The fourth-order valence-electron chi connectivity index (χ4n) is 3.22. The number of nitrogens with two attached hydrogens (primary N) is 2. The number of fused-ring (bicyclic) bond motifs is 1. The van der Waals surface area contributed by atoms with Gasteiger partial charge in [-0.25, -0.2) is 4.99 Å². The van der Waals surface area contributed by atoms with Gasteiger partial charge in [-0.05, 0) is 30.5 Å². The maximum absolute atomic E-state index is 13.4. The van der Waals surface area contributed by atoms with Crippen LogP contribution in [-0.4, -0.2) is 31.9 Å². The molecule has 2 atom stereocenters. The zero-order valence-corrected chi connectivity index (χ0v) is 18.4. The molecule has 5 nitrogen and oxygen atoms in total. The summed E-state index contributed by atoms with van der Waals surface area (Å²) in [6.45, 7) is 9.32. The van der Waals surface area contributed by atoms with Crippen LogP contribution in [0.4, 0.5) is 18.9 Å². The Labute approximate surface area is 179 Å². The molecule has 1 heterocycles. The normalized spacial score (nSPS) is 20.2. The number of amidine groups is 1. The summed E-state index contributed by atoms with van der Waals surface area (Å²) in [6, 6.07) is 10.1. The second-order valence-electron chi connectivity index (χ2n) is 8.44. The molecule has 0 aliphatic carbocycles. The van der Waals surface area contributed by atoms with Crippen molar-refractivity contribution in [1.82, 2.24) is 0 Å². The largest absolute Gasteiger partial charge is 0.431 e. The fraction of sp³-hybridized carbons (Fsp3) is 0.273. The Balaban J connectivity index is 2.07. The first-order valence-electron chi connectivity index (χ1n) is 9.41. The van der Waals surface area contributed by atoms with Crippen molar-refractivity contribution < 1.29 is 18.3 Å². The van der Waals surface area contributed by atoms with Crippen LogP contribution in [0, 0.1) is 11.5 Å². The van der Waals surface area contributed by atoms with Gasteiger partial charge in [-0.2, -0.15) is 13.2 Å². The summed E-state index contributed by atoms with van der Waals surface area (Å²) < 4.78 is 40.1. The number of nitrogens with zero attached hydrogens (tertiary/aromatic N) is 2. The van der Waals surface area contributed by atoms with Gasteiger partial charge in [0.05, 0.1) is 5.69 Å². The number of aliphatic hydroxyl groups is 1. The highest BCUT2D eigenvalue weighted by Crippen LogP contribution is 2.43. The number of halogens is 3. The van der Waals surface area contributed by atoms with Crippen molar-refractivity contribution in [2.24, 2.45) is 21.5 Å². The molecule has 9 heteroatoms. The Morgan fingerprint density at radius 3 is 2.26 bits per heavy atom. The van der Waals surface area contributed by atoms with Gasteiger partial charge in [0.25, 0.3) is 0 Å². The van der Waals surface area contributed by atoms with E-state index in [0.29, 0.717) is 16.8 Å². The minimum Gasteiger partial charge on any atom is -0.384 e. The Bertz CT molecular complexity index is 1130. The molecular weight excluding hydrogens is 421 g/mol.